The molecule has 2 rings (SSSR count). The molecule has 0 aromatic heterocycles. The lowest BCUT2D eigenvalue weighted by Crippen LogP contribution is -2.13. The number of benzene rings is 2. The lowest BCUT2D eigenvalue weighted by atomic mass is 10.2. The van der Waals surface area contributed by atoms with Crippen molar-refractivity contribution in [2.75, 3.05) is 6.61 Å². The summed E-state index contributed by atoms with van der Waals surface area (Å²) in [7, 11) is 0. The van der Waals surface area contributed by atoms with Crippen LogP contribution in [0.3, 0.4) is 0 Å². The molecular formula is C16H16FNO3. The summed E-state index contributed by atoms with van der Waals surface area (Å²) in [6, 6.07) is 13.6. The molecule has 0 saturated carbocycles. The van der Waals surface area contributed by atoms with Crippen LogP contribution in [0.2, 0.25) is 0 Å². The van der Waals surface area contributed by atoms with E-state index < -0.39 is 5.97 Å². The Kier molecular flexibility index (Phi) is 5.29. The fraction of sp³-hybridized carbons (Fsp3) is 0.188. The third kappa shape index (κ3) is 5.24. The number of nitrogens with one attached hydrogen (secondary N) is 1. The molecule has 0 radical (unpaired) electrons. The highest BCUT2D eigenvalue weighted by molar-refractivity contribution is 5.68. The van der Waals surface area contributed by atoms with Crippen LogP contribution >= 0.6 is 0 Å². The van der Waals surface area contributed by atoms with Crippen molar-refractivity contribution in [2.24, 2.45) is 0 Å². The molecule has 0 aliphatic rings. The first-order valence-electron chi connectivity index (χ1n) is 6.52. The molecule has 0 fully saturated rings. The predicted octanol–water partition coefficient (Wildman–Crippen LogP) is 2.58. The minimum Gasteiger partial charge on any atom is -0.482 e. The van der Waals surface area contributed by atoms with E-state index in [2.05, 4.69) is 5.32 Å². The molecule has 0 atom stereocenters. The normalized spacial score (nSPS) is 10.3. The summed E-state index contributed by atoms with van der Waals surface area (Å²) in [6.45, 7) is 0.884. The highest BCUT2D eigenvalue weighted by Gasteiger charge is 2.01. The fourth-order valence-corrected chi connectivity index (χ4v) is 1.84. The van der Waals surface area contributed by atoms with Gasteiger partial charge in [-0.1, -0.05) is 24.3 Å². The molecule has 2 aromatic rings. The number of carboxylic acids is 1. The second-order valence-corrected chi connectivity index (χ2v) is 4.56. The van der Waals surface area contributed by atoms with Crippen LogP contribution in [0.15, 0.2) is 48.5 Å². The maximum Gasteiger partial charge on any atom is 0.341 e. The van der Waals surface area contributed by atoms with E-state index in [0.717, 1.165) is 11.1 Å². The standard InChI is InChI=1S/C16H16FNO3/c17-14-6-4-12(5-7-14)9-18-10-13-2-1-3-15(8-13)21-11-16(19)20/h1-8,18H,9-11H2,(H,19,20). The molecule has 110 valence electrons. The molecule has 5 heteroatoms. The van der Waals surface area contributed by atoms with Crippen LogP contribution in [0, 0.1) is 5.82 Å². The number of carbonyl (C=O) groups is 1. The summed E-state index contributed by atoms with van der Waals surface area (Å²) < 4.78 is 17.9. The van der Waals surface area contributed by atoms with Crippen molar-refractivity contribution in [2.45, 2.75) is 13.1 Å². The van der Waals surface area contributed by atoms with Crippen LogP contribution in [0.1, 0.15) is 11.1 Å². The fourth-order valence-electron chi connectivity index (χ4n) is 1.84. The van der Waals surface area contributed by atoms with Crippen molar-refractivity contribution < 1.29 is 19.0 Å². The number of carboxylic acid groups (broad SMARTS) is 1. The van der Waals surface area contributed by atoms with Crippen LogP contribution in [0.25, 0.3) is 0 Å². The van der Waals surface area contributed by atoms with Crippen molar-refractivity contribution in [1.82, 2.24) is 5.32 Å². The van der Waals surface area contributed by atoms with Gasteiger partial charge in [0.25, 0.3) is 0 Å². The molecule has 0 heterocycles. The van der Waals surface area contributed by atoms with E-state index >= 15 is 0 Å². The second kappa shape index (κ2) is 7.40. The largest absolute Gasteiger partial charge is 0.482 e. The van der Waals surface area contributed by atoms with Crippen molar-refractivity contribution in [1.29, 1.82) is 0 Å². The quantitative estimate of drug-likeness (QED) is 0.822. The van der Waals surface area contributed by atoms with Crippen LogP contribution in [-0.2, 0) is 17.9 Å². The Morgan fingerprint density at radius 2 is 1.81 bits per heavy atom. The van der Waals surface area contributed by atoms with Gasteiger partial charge in [-0.05, 0) is 35.4 Å². The summed E-state index contributed by atoms with van der Waals surface area (Å²) in [4.78, 5) is 10.4. The topological polar surface area (TPSA) is 58.6 Å². The van der Waals surface area contributed by atoms with E-state index in [0.29, 0.717) is 18.8 Å². The van der Waals surface area contributed by atoms with Gasteiger partial charge in [0, 0.05) is 13.1 Å². The molecule has 0 aliphatic heterocycles. The molecule has 2 N–H and O–H groups in total. The number of halogens is 1. The average molecular weight is 289 g/mol. The van der Waals surface area contributed by atoms with Gasteiger partial charge in [0.05, 0.1) is 0 Å². The van der Waals surface area contributed by atoms with Gasteiger partial charge in [-0.2, -0.15) is 0 Å². The summed E-state index contributed by atoms with van der Waals surface area (Å²) in [5.74, 6) is -0.727. The van der Waals surface area contributed by atoms with Gasteiger partial charge in [0.2, 0.25) is 0 Å². The first-order chi connectivity index (χ1) is 10.1. The Morgan fingerprint density at radius 1 is 1.10 bits per heavy atom. The number of ether oxygens (including phenoxy) is 1. The minimum absolute atomic E-state index is 0.248. The van der Waals surface area contributed by atoms with Gasteiger partial charge >= 0.3 is 5.97 Å². The lowest BCUT2D eigenvalue weighted by molar-refractivity contribution is -0.139. The summed E-state index contributed by atoms with van der Waals surface area (Å²) >= 11 is 0. The molecule has 0 unspecified atom stereocenters. The highest BCUT2D eigenvalue weighted by Crippen LogP contribution is 2.13. The zero-order chi connectivity index (χ0) is 15.1. The van der Waals surface area contributed by atoms with Crippen molar-refractivity contribution in [3.63, 3.8) is 0 Å². The number of hydrogen-bond donors (Lipinski definition) is 2. The molecule has 21 heavy (non-hydrogen) atoms. The molecule has 0 saturated heterocycles. The van der Waals surface area contributed by atoms with Crippen molar-refractivity contribution in [3.05, 3.63) is 65.5 Å². The Morgan fingerprint density at radius 3 is 2.52 bits per heavy atom. The molecule has 2 aromatic carbocycles. The molecule has 0 amide bonds. The Balaban J connectivity index is 1.83. The maximum absolute atomic E-state index is 12.8. The monoisotopic (exact) mass is 289 g/mol. The third-order valence-electron chi connectivity index (χ3n) is 2.83. The van der Waals surface area contributed by atoms with E-state index in [1.54, 1.807) is 24.3 Å². The van der Waals surface area contributed by atoms with Gasteiger partial charge in [-0.3, -0.25) is 0 Å². The first-order valence-corrected chi connectivity index (χ1v) is 6.52. The molecule has 0 spiro atoms. The van der Waals surface area contributed by atoms with Gasteiger partial charge in [0.15, 0.2) is 6.61 Å². The smallest absolute Gasteiger partial charge is 0.341 e. The summed E-state index contributed by atoms with van der Waals surface area (Å²) in [5, 5.41) is 11.8. The zero-order valence-corrected chi connectivity index (χ0v) is 11.4. The number of aliphatic carboxylic acids is 1. The van der Waals surface area contributed by atoms with E-state index in [-0.39, 0.29) is 12.4 Å². The maximum atomic E-state index is 12.8. The van der Waals surface area contributed by atoms with Crippen LogP contribution in [0.4, 0.5) is 4.39 Å². The van der Waals surface area contributed by atoms with Crippen LogP contribution in [0.5, 0.6) is 5.75 Å². The van der Waals surface area contributed by atoms with Gasteiger partial charge < -0.3 is 15.2 Å². The molecule has 0 aliphatic carbocycles. The molecular weight excluding hydrogens is 273 g/mol. The predicted molar refractivity (Wildman–Crippen MR) is 76.5 cm³/mol. The number of rotatable bonds is 7. The molecule has 0 bridgehead atoms. The van der Waals surface area contributed by atoms with Crippen molar-refractivity contribution >= 4 is 5.97 Å². The van der Waals surface area contributed by atoms with Gasteiger partial charge in [0.1, 0.15) is 11.6 Å². The minimum atomic E-state index is -1.00. The Labute approximate surface area is 122 Å². The SMILES string of the molecule is O=C(O)COc1cccc(CNCc2ccc(F)cc2)c1. The lowest BCUT2D eigenvalue weighted by Gasteiger charge is -2.08. The first kappa shape index (κ1) is 15.0. The van der Waals surface area contributed by atoms with Crippen LogP contribution in [-0.4, -0.2) is 17.7 Å². The highest BCUT2D eigenvalue weighted by atomic mass is 19.1. The summed E-state index contributed by atoms with van der Waals surface area (Å²) in [5.41, 5.74) is 1.98. The van der Waals surface area contributed by atoms with Crippen LogP contribution < -0.4 is 10.1 Å². The zero-order valence-electron chi connectivity index (χ0n) is 11.4. The number of hydrogen-bond acceptors (Lipinski definition) is 3. The van der Waals surface area contributed by atoms with Gasteiger partial charge in [-0.15, -0.1) is 0 Å². The van der Waals surface area contributed by atoms with E-state index in [1.165, 1.54) is 12.1 Å². The second-order valence-electron chi connectivity index (χ2n) is 4.56. The summed E-state index contributed by atoms with van der Waals surface area (Å²) in [6.07, 6.45) is 0. The van der Waals surface area contributed by atoms with E-state index in [1.807, 2.05) is 12.1 Å². The van der Waals surface area contributed by atoms with E-state index in [9.17, 15) is 9.18 Å². The van der Waals surface area contributed by atoms with E-state index in [4.69, 9.17) is 9.84 Å². The van der Waals surface area contributed by atoms with Crippen molar-refractivity contribution in [3.8, 4) is 5.75 Å². The van der Waals surface area contributed by atoms with Gasteiger partial charge in [-0.25, -0.2) is 9.18 Å². The molecule has 4 nitrogen and oxygen atoms in total. The average Bonchev–Trinajstić information content (AvgIpc) is 2.48. The third-order valence-corrected chi connectivity index (χ3v) is 2.83. The Hall–Kier alpha value is -2.40. The Bertz CT molecular complexity index is 599.